The number of rotatable bonds is 7. The minimum absolute atomic E-state index is 0.124. The number of aryl methyl sites for hydroxylation is 1. The van der Waals surface area contributed by atoms with Gasteiger partial charge in [-0.1, -0.05) is 35.9 Å². The van der Waals surface area contributed by atoms with Gasteiger partial charge in [-0.3, -0.25) is 9.48 Å². The predicted octanol–water partition coefficient (Wildman–Crippen LogP) is 4.40. The first-order valence-corrected chi connectivity index (χ1v) is 9.59. The number of halogens is 1. The van der Waals surface area contributed by atoms with Crippen LogP contribution in [-0.4, -0.2) is 29.9 Å². The normalized spacial score (nSPS) is 10.7. The van der Waals surface area contributed by atoms with Crippen LogP contribution in [0, 0.1) is 13.8 Å². The average Bonchev–Trinajstić information content (AvgIpc) is 2.97. The number of ether oxygens (including phenoxy) is 2. The highest BCUT2D eigenvalue weighted by atomic mass is 35.5. The number of methoxy groups -OCH3 is 2. The molecule has 1 amide bonds. The summed E-state index contributed by atoms with van der Waals surface area (Å²) in [5.41, 5.74) is 4.17. The van der Waals surface area contributed by atoms with E-state index in [1.54, 1.807) is 26.4 Å². The van der Waals surface area contributed by atoms with Crippen molar-refractivity contribution < 1.29 is 14.3 Å². The van der Waals surface area contributed by atoms with E-state index in [-0.39, 0.29) is 12.3 Å². The molecule has 0 aliphatic heterocycles. The maximum Gasteiger partial charge on any atom is 0.228 e. The molecule has 0 bridgehead atoms. The minimum atomic E-state index is -0.124. The van der Waals surface area contributed by atoms with E-state index in [1.165, 1.54) is 0 Å². The van der Waals surface area contributed by atoms with Gasteiger partial charge in [-0.2, -0.15) is 5.10 Å². The van der Waals surface area contributed by atoms with Crippen molar-refractivity contribution in [2.75, 3.05) is 19.5 Å². The van der Waals surface area contributed by atoms with Gasteiger partial charge >= 0.3 is 0 Å². The third kappa shape index (κ3) is 4.71. The summed E-state index contributed by atoms with van der Waals surface area (Å²) >= 11 is 6.26. The van der Waals surface area contributed by atoms with Crippen LogP contribution in [0.1, 0.15) is 22.5 Å². The molecule has 1 N–H and O–H groups in total. The molecule has 2 aromatic carbocycles. The van der Waals surface area contributed by atoms with E-state index in [4.69, 9.17) is 21.1 Å². The van der Waals surface area contributed by atoms with Crippen molar-refractivity contribution >= 4 is 23.2 Å². The van der Waals surface area contributed by atoms with Crippen LogP contribution >= 0.6 is 11.6 Å². The quantitative estimate of drug-likeness (QED) is 0.623. The van der Waals surface area contributed by atoms with Gasteiger partial charge in [-0.25, -0.2) is 0 Å². The van der Waals surface area contributed by atoms with Crippen molar-refractivity contribution in [3.05, 3.63) is 70.0 Å². The SMILES string of the molecule is COc1ccc(CC(=O)Nc2c(C)nn(Cc3ccccc3Cl)c2C)cc1OC. The van der Waals surface area contributed by atoms with Crippen molar-refractivity contribution in [3.8, 4) is 11.5 Å². The maximum atomic E-state index is 12.6. The molecule has 6 nitrogen and oxygen atoms in total. The zero-order valence-corrected chi connectivity index (χ0v) is 17.7. The predicted molar refractivity (Wildman–Crippen MR) is 114 cm³/mol. The Hall–Kier alpha value is -2.99. The van der Waals surface area contributed by atoms with Crippen LogP contribution in [0.3, 0.4) is 0 Å². The molecule has 0 fully saturated rings. The third-order valence-electron chi connectivity index (χ3n) is 4.74. The number of amides is 1. The fourth-order valence-corrected chi connectivity index (χ4v) is 3.37. The molecule has 0 unspecified atom stereocenters. The lowest BCUT2D eigenvalue weighted by molar-refractivity contribution is -0.115. The molecule has 1 aromatic heterocycles. The van der Waals surface area contributed by atoms with Gasteiger partial charge in [-0.15, -0.1) is 0 Å². The maximum absolute atomic E-state index is 12.6. The number of carbonyl (C=O) groups is 1. The molecule has 3 rings (SSSR count). The Kier molecular flexibility index (Phi) is 6.44. The van der Waals surface area contributed by atoms with E-state index in [1.807, 2.05) is 48.9 Å². The molecule has 0 saturated heterocycles. The summed E-state index contributed by atoms with van der Waals surface area (Å²) in [7, 11) is 3.15. The Morgan fingerprint density at radius 1 is 1.10 bits per heavy atom. The van der Waals surface area contributed by atoms with Crippen LogP contribution in [-0.2, 0) is 17.8 Å². The van der Waals surface area contributed by atoms with Crippen LogP contribution in [0.5, 0.6) is 11.5 Å². The van der Waals surface area contributed by atoms with Crippen molar-refractivity contribution in [3.63, 3.8) is 0 Å². The molecule has 0 spiro atoms. The first-order valence-electron chi connectivity index (χ1n) is 9.21. The Balaban J connectivity index is 1.74. The summed E-state index contributed by atoms with van der Waals surface area (Å²) in [4.78, 5) is 12.6. The van der Waals surface area contributed by atoms with E-state index in [2.05, 4.69) is 10.4 Å². The highest BCUT2D eigenvalue weighted by molar-refractivity contribution is 6.31. The fourth-order valence-electron chi connectivity index (χ4n) is 3.18. The summed E-state index contributed by atoms with van der Waals surface area (Å²) in [6.45, 7) is 4.35. The number of hydrogen-bond acceptors (Lipinski definition) is 4. The molecule has 0 saturated carbocycles. The third-order valence-corrected chi connectivity index (χ3v) is 5.11. The van der Waals surface area contributed by atoms with Gasteiger partial charge in [0.1, 0.15) is 0 Å². The molecule has 29 heavy (non-hydrogen) atoms. The number of anilines is 1. The van der Waals surface area contributed by atoms with Crippen LogP contribution < -0.4 is 14.8 Å². The second-order valence-corrected chi connectivity index (χ2v) is 7.12. The monoisotopic (exact) mass is 413 g/mol. The van der Waals surface area contributed by atoms with Crippen LogP contribution in [0.25, 0.3) is 0 Å². The number of benzene rings is 2. The Bertz CT molecular complexity index is 1030. The smallest absolute Gasteiger partial charge is 0.228 e. The molecule has 152 valence electrons. The molecular weight excluding hydrogens is 390 g/mol. The zero-order chi connectivity index (χ0) is 21.0. The van der Waals surface area contributed by atoms with Crippen LogP contribution in [0.2, 0.25) is 5.02 Å². The lowest BCUT2D eigenvalue weighted by atomic mass is 10.1. The van der Waals surface area contributed by atoms with Crippen molar-refractivity contribution in [1.29, 1.82) is 0 Å². The lowest BCUT2D eigenvalue weighted by Crippen LogP contribution is -2.15. The van der Waals surface area contributed by atoms with Crippen LogP contribution in [0.4, 0.5) is 5.69 Å². The Labute approximate surface area is 175 Å². The van der Waals surface area contributed by atoms with Crippen molar-refractivity contribution in [2.24, 2.45) is 0 Å². The minimum Gasteiger partial charge on any atom is -0.493 e. The second-order valence-electron chi connectivity index (χ2n) is 6.71. The molecule has 0 aliphatic carbocycles. The van der Waals surface area contributed by atoms with Gasteiger partial charge in [0.25, 0.3) is 0 Å². The van der Waals surface area contributed by atoms with Gasteiger partial charge in [0.05, 0.1) is 44.3 Å². The van der Waals surface area contributed by atoms with Gasteiger partial charge in [-0.05, 0) is 43.2 Å². The summed E-state index contributed by atoms with van der Waals surface area (Å²) in [5.74, 6) is 1.10. The van der Waals surface area contributed by atoms with Crippen LogP contribution in [0.15, 0.2) is 42.5 Å². The van der Waals surface area contributed by atoms with Crippen molar-refractivity contribution in [1.82, 2.24) is 9.78 Å². The Morgan fingerprint density at radius 3 is 2.52 bits per heavy atom. The summed E-state index contributed by atoms with van der Waals surface area (Å²) in [6, 6.07) is 13.1. The largest absolute Gasteiger partial charge is 0.493 e. The van der Waals surface area contributed by atoms with E-state index in [0.717, 1.165) is 28.2 Å². The number of nitrogens with zero attached hydrogens (tertiary/aromatic N) is 2. The van der Waals surface area contributed by atoms with E-state index in [9.17, 15) is 4.79 Å². The molecule has 7 heteroatoms. The highest BCUT2D eigenvalue weighted by Crippen LogP contribution is 2.28. The van der Waals surface area contributed by atoms with Gasteiger partial charge in [0.2, 0.25) is 5.91 Å². The van der Waals surface area contributed by atoms with E-state index < -0.39 is 0 Å². The van der Waals surface area contributed by atoms with Gasteiger partial charge < -0.3 is 14.8 Å². The number of aromatic nitrogens is 2. The molecule has 3 aromatic rings. The number of carbonyl (C=O) groups excluding carboxylic acids is 1. The molecular formula is C22H24ClN3O3. The van der Waals surface area contributed by atoms with E-state index >= 15 is 0 Å². The van der Waals surface area contributed by atoms with Crippen molar-refractivity contribution in [2.45, 2.75) is 26.8 Å². The summed E-state index contributed by atoms with van der Waals surface area (Å²) in [6.07, 6.45) is 0.217. The molecule has 0 atom stereocenters. The standard InChI is InChI=1S/C22H24ClN3O3/c1-14-22(15(2)26(25-14)13-17-7-5-6-8-18(17)23)24-21(27)12-16-9-10-19(28-3)20(11-16)29-4/h5-11H,12-13H2,1-4H3,(H,24,27). The molecule has 0 aliphatic rings. The summed E-state index contributed by atoms with van der Waals surface area (Å²) < 4.78 is 12.4. The zero-order valence-electron chi connectivity index (χ0n) is 17.0. The van der Waals surface area contributed by atoms with Gasteiger partial charge in [0, 0.05) is 5.02 Å². The first-order chi connectivity index (χ1) is 13.9. The Morgan fingerprint density at radius 2 is 1.83 bits per heavy atom. The molecule has 0 radical (unpaired) electrons. The summed E-state index contributed by atoms with van der Waals surface area (Å²) in [5, 5.41) is 8.24. The number of nitrogens with one attached hydrogen (secondary N) is 1. The highest BCUT2D eigenvalue weighted by Gasteiger charge is 2.16. The number of hydrogen-bond donors (Lipinski definition) is 1. The topological polar surface area (TPSA) is 65.4 Å². The van der Waals surface area contributed by atoms with E-state index in [0.29, 0.717) is 23.1 Å². The second kappa shape index (κ2) is 9.01. The average molecular weight is 414 g/mol. The first kappa shape index (κ1) is 20.7. The molecule has 1 heterocycles. The van der Waals surface area contributed by atoms with Gasteiger partial charge in [0.15, 0.2) is 11.5 Å². The fraction of sp³-hybridized carbons (Fsp3) is 0.273. The lowest BCUT2D eigenvalue weighted by Gasteiger charge is -2.10.